The Hall–Kier alpha value is -0.650. The lowest BCUT2D eigenvalue weighted by molar-refractivity contribution is -0.171. The zero-order valence-corrected chi connectivity index (χ0v) is 8.73. The lowest BCUT2D eigenvalue weighted by Gasteiger charge is -2.29. The van der Waals surface area contributed by atoms with Crippen molar-refractivity contribution in [3.05, 3.63) is 0 Å². The molecule has 3 aliphatic rings. The first-order chi connectivity index (χ1) is 6.90. The van der Waals surface area contributed by atoms with E-state index in [1.54, 1.807) is 0 Å². The molecule has 3 fully saturated rings. The Morgan fingerprint density at radius 3 is 2.67 bits per heavy atom. The van der Waals surface area contributed by atoms with Crippen LogP contribution in [0.3, 0.4) is 0 Å². The smallest absolute Gasteiger partial charge is 0.338 e. The quantitative estimate of drug-likeness (QED) is 0.573. The molecule has 0 unspecified atom stereocenters. The van der Waals surface area contributed by atoms with E-state index in [9.17, 15) is 9.90 Å². The molecule has 0 aromatic rings. The van der Waals surface area contributed by atoms with Gasteiger partial charge in [0.1, 0.15) is 12.2 Å². The number of ether oxygens (including phenoxy) is 3. The van der Waals surface area contributed by atoms with Crippen molar-refractivity contribution in [3.63, 3.8) is 0 Å². The third-order valence-corrected chi connectivity index (χ3v) is 3.30. The van der Waals surface area contributed by atoms with Gasteiger partial charge in [0.25, 0.3) is 0 Å². The fourth-order valence-electron chi connectivity index (χ4n) is 2.72. The molecule has 0 aromatic carbocycles. The molecular weight excluding hydrogens is 200 g/mol. The van der Waals surface area contributed by atoms with Gasteiger partial charge in [-0.2, -0.15) is 0 Å². The van der Waals surface area contributed by atoms with Crippen molar-refractivity contribution in [2.45, 2.75) is 56.4 Å². The molecule has 1 N–H and O–H groups in total. The second-order valence-corrected chi connectivity index (χ2v) is 5.02. The van der Waals surface area contributed by atoms with Crippen LogP contribution in [0.2, 0.25) is 0 Å². The lowest BCUT2D eigenvalue weighted by atomic mass is 9.82. The van der Waals surface area contributed by atoms with Crippen molar-refractivity contribution in [1.29, 1.82) is 0 Å². The van der Waals surface area contributed by atoms with E-state index in [-0.39, 0.29) is 24.7 Å². The summed E-state index contributed by atoms with van der Waals surface area (Å²) in [4.78, 5) is 11.4. The lowest BCUT2D eigenvalue weighted by Crippen LogP contribution is -2.47. The molecule has 2 heterocycles. The summed E-state index contributed by atoms with van der Waals surface area (Å²) in [6.07, 6.45) is -0.229. The van der Waals surface area contributed by atoms with Gasteiger partial charge in [-0.3, -0.25) is 0 Å². The molecule has 2 saturated heterocycles. The predicted octanol–water partition coefficient (Wildman–Crippen LogP) is -0.0432. The van der Waals surface area contributed by atoms with Crippen molar-refractivity contribution >= 4 is 5.97 Å². The Kier molecular flexibility index (Phi) is 1.62. The minimum Gasteiger partial charge on any atom is -0.457 e. The Morgan fingerprint density at radius 1 is 1.27 bits per heavy atom. The maximum absolute atomic E-state index is 11.4. The fraction of sp³-hybridized carbons (Fsp3) is 0.900. The van der Waals surface area contributed by atoms with Crippen LogP contribution in [0.15, 0.2) is 0 Å². The first kappa shape index (κ1) is 9.57. The van der Waals surface area contributed by atoms with Crippen LogP contribution in [0.5, 0.6) is 0 Å². The molecule has 1 saturated carbocycles. The number of carbonyl (C=O) groups excluding carboxylic acids is 1. The number of aliphatic hydroxyl groups is 1. The minimum atomic E-state index is -1.35. The summed E-state index contributed by atoms with van der Waals surface area (Å²) < 4.78 is 16.4. The van der Waals surface area contributed by atoms with Crippen LogP contribution in [-0.4, -0.2) is 40.8 Å². The number of rotatable bonds is 0. The standard InChI is InChI=1S/C10H14O5/c1-9(2)14-6-4-10(12)3-5(7(6)15-9)13-8(10)11/h5-7,12H,3-4H2,1-2H3/t5-,6+,7-,10+/m1/s1. The molecule has 1 aliphatic carbocycles. The molecule has 5 nitrogen and oxygen atoms in total. The molecule has 0 radical (unpaired) electrons. The van der Waals surface area contributed by atoms with E-state index in [4.69, 9.17) is 14.2 Å². The van der Waals surface area contributed by atoms with Crippen LogP contribution in [0.1, 0.15) is 26.7 Å². The van der Waals surface area contributed by atoms with Crippen molar-refractivity contribution in [3.8, 4) is 0 Å². The van der Waals surface area contributed by atoms with Crippen LogP contribution in [0, 0.1) is 0 Å². The number of hydrogen-bond acceptors (Lipinski definition) is 5. The molecule has 0 spiro atoms. The van der Waals surface area contributed by atoms with Gasteiger partial charge in [0.05, 0.1) is 6.10 Å². The van der Waals surface area contributed by atoms with E-state index in [0.29, 0.717) is 6.42 Å². The van der Waals surface area contributed by atoms with E-state index in [2.05, 4.69) is 0 Å². The number of hydrogen-bond donors (Lipinski definition) is 1. The van der Waals surface area contributed by atoms with Gasteiger partial charge in [0.2, 0.25) is 0 Å². The Morgan fingerprint density at radius 2 is 1.93 bits per heavy atom. The van der Waals surface area contributed by atoms with E-state index in [0.717, 1.165) is 0 Å². The van der Waals surface area contributed by atoms with Gasteiger partial charge in [-0.05, 0) is 13.8 Å². The normalized spacial score (nSPS) is 51.4. The first-order valence-electron chi connectivity index (χ1n) is 5.19. The summed E-state index contributed by atoms with van der Waals surface area (Å²) in [5, 5.41) is 10.00. The highest BCUT2D eigenvalue weighted by atomic mass is 16.8. The Labute approximate surface area is 87.3 Å². The molecule has 0 amide bonds. The summed E-state index contributed by atoms with van der Waals surface area (Å²) in [7, 11) is 0. The molecule has 5 heteroatoms. The van der Waals surface area contributed by atoms with Crippen molar-refractivity contribution < 1.29 is 24.1 Å². The molecular formula is C10H14O5. The van der Waals surface area contributed by atoms with Crippen molar-refractivity contribution in [1.82, 2.24) is 0 Å². The molecule has 3 rings (SSSR count). The zero-order chi connectivity index (χ0) is 10.8. The van der Waals surface area contributed by atoms with Gasteiger partial charge in [-0.25, -0.2) is 4.79 Å². The molecule has 84 valence electrons. The highest BCUT2D eigenvalue weighted by Gasteiger charge is 2.62. The number of esters is 1. The van der Waals surface area contributed by atoms with E-state index in [1.165, 1.54) is 0 Å². The molecule has 15 heavy (non-hydrogen) atoms. The van der Waals surface area contributed by atoms with Crippen molar-refractivity contribution in [2.75, 3.05) is 0 Å². The second kappa shape index (κ2) is 2.53. The van der Waals surface area contributed by atoms with Crippen molar-refractivity contribution in [2.24, 2.45) is 0 Å². The van der Waals surface area contributed by atoms with E-state index < -0.39 is 17.4 Å². The summed E-state index contributed by atoms with van der Waals surface area (Å²) >= 11 is 0. The minimum absolute atomic E-state index is 0.230. The van der Waals surface area contributed by atoms with Gasteiger partial charge >= 0.3 is 5.97 Å². The van der Waals surface area contributed by atoms with Gasteiger partial charge in [0.15, 0.2) is 11.4 Å². The number of fused-ring (bicyclic) bond motifs is 4. The average molecular weight is 214 g/mol. The molecule has 4 atom stereocenters. The average Bonchev–Trinajstić information content (AvgIpc) is 2.50. The van der Waals surface area contributed by atoms with Crippen LogP contribution in [0.4, 0.5) is 0 Å². The maximum Gasteiger partial charge on any atom is 0.338 e. The first-order valence-corrected chi connectivity index (χ1v) is 5.19. The summed E-state index contributed by atoms with van der Waals surface area (Å²) in [6.45, 7) is 3.65. The van der Waals surface area contributed by atoms with Crippen LogP contribution in [-0.2, 0) is 19.0 Å². The van der Waals surface area contributed by atoms with Crippen LogP contribution in [0.25, 0.3) is 0 Å². The third-order valence-electron chi connectivity index (χ3n) is 3.30. The highest BCUT2D eigenvalue weighted by molar-refractivity contribution is 5.82. The summed E-state index contributed by atoms with van der Waals surface area (Å²) in [6, 6.07) is 0. The predicted molar refractivity (Wildman–Crippen MR) is 47.9 cm³/mol. The zero-order valence-electron chi connectivity index (χ0n) is 8.73. The second-order valence-electron chi connectivity index (χ2n) is 5.02. The Balaban J connectivity index is 1.90. The monoisotopic (exact) mass is 214 g/mol. The van der Waals surface area contributed by atoms with Crippen LogP contribution >= 0.6 is 0 Å². The topological polar surface area (TPSA) is 65.0 Å². The summed E-state index contributed by atoms with van der Waals surface area (Å²) in [5.74, 6) is -1.19. The Bertz CT molecular complexity index is 326. The molecule has 2 aliphatic heterocycles. The molecule has 0 aromatic heterocycles. The van der Waals surface area contributed by atoms with E-state index >= 15 is 0 Å². The van der Waals surface area contributed by atoms with Gasteiger partial charge < -0.3 is 19.3 Å². The largest absolute Gasteiger partial charge is 0.457 e. The fourth-order valence-corrected chi connectivity index (χ4v) is 2.72. The van der Waals surface area contributed by atoms with Crippen LogP contribution < -0.4 is 0 Å². The maximum atomic E-state index is 11.4. The van der Waals surface area contributed by atoms with Gasteiger partial charge in [0, 0.05) is 12.8 Å². The third kappa shape index (κ3) is 1.23. The SMILES string of the molecule is CC1(C)O[C@H]2[C@H](C[C@@]3(O)C[C@H]2OC3=O)O1. The van der Waals surface area contributed by atoms with Gasteiger partial charge in [-0.1, -0.05) is 0 Å². The highest BCUT2D eigenvalue weighted by Crippen LogP contribution is 2.46. The van der Waals surface area contributed by atoms with E-state index in [1.807, 2.05) is 13.8 Å². The number of carbonyl (C=O) groups is 1. The summed E-state index contributed by atoms with van der Waals surface area (Å²) in [5.41, 5.74) is -1.35. The molecule has 2 bridgehead atoms. The van der Waals surface area contributed by atoms with Gasteiger partial charge in [-0.15, -0.1) is 0 Å².